The van der Waals surface area contributed by atoms with Gasteiger partial charge >= 0.3 is 0 Å². The van der Waals surface area contributed by atoms with Crippen LogP contribution in [0, 0.1) is 5.92 Å². The lowest BCUT2D eigenvalue weighted by Gasteiger charge is -2.30. The number of methoxy groups -OCH3 is 1. The van der Waals surface area contributed by atoms with Gasteiger partial charge in [-0.05, 0) is 38.1 Å². The van der Waals surface area contributed by atoms with Crippen molar-refractivity contribution in [1.82, 2.24) is 5.32 Å². The first-order valence-electron chi connectivity index (χ1n) is 6.18. The Bertz CT molecular complexity index is 147. The van der Waals surface area contributed by atoms with Crippen molar-refractivity contribution < 1.29 is 9.47 Å². The zero-order valence-electron chi connectivity index (χ0n) is 10.1. The van der Waals surface area contributed by atoms with E-state index in [-0.39, 0.29) is 0 Å². The highest BCUT2D eigenvalue weighted by molar-refractivity contribution is 4.78. The van der Waals surface area contributed by atoms with Crippen molar-refractivity contribution in [3.63, 3.8) is 0 Å². The van der Waals surface area contributed by atoms with E-state index in [1.165, 1.54) is 19.3 Å². The fraction of sp³-hybridized carbons (Fsp3) is 1.00. The number of rotatable bonds is 7. The molecule has 3 heteroatoms. The summed E-state index contributed by atoms with van der Waals surface area (Å²) in [4.78, 5) is 0. The van der Waals surface area contributed by atoms with E-state index < -0.39 is 0 Å². The average Bonchev–Trinajstić information content (AvgIpc) is 2.29. The number of hydrogen-bond donors (Lipinski definition) is 1. The van der Waals surface area contributed by atoms with Gasteiger partial charge in [-0.1, -0.05) is 6.92 Å². The normalized spacial score (nSPS) is 24.0. The first-order valence-corrected chi connectivity index (χ1v) is 6.18. The second-order valence-corrected chi connectivity index (χ2v) is 4.28. The molecule has 1 saturated heterocycles. The Balaban J connectivity index is 2.26. The minimum Gasteiger partial charge on any atom is -0.385 e. The van der Waals surface area contributed by atoms with Gasteiger partial charge in [0.1, 0.15) is 0 Å². The maximum absolute atomic E-state index is 5.54. The fourth-order valence-corrected chi connectivity index (χ4v) is 2.30. The molecule has 0 saturated carbocycles. The predicted molar refractivity (Wildman–Crippen MR) is 62.1 cm³/mol. The molecule has 3 nitrogen and oxygen atoms in total. The van der Waals surface area contributed by atoms with Crippen LogP contribution >= 0.6 is 0 Å². The van der Waals surface area contributed by atoms with E-state index in [0.29, 0.717) is 12.0 Å². The molecule has 15 heavy (non-hydrogen) atoms. The van der Waals surface area contributed by atoms with Crippen molar-refractivity contribution in [2.45, 2.75) is 38.6 Å². The Morgan fingerprint density at radius 3 is 3.00 bits per heavy atom. The van der Waals surface area contributed by atoms with Gasteiger partial charge in [0, 0.05) is 26.4 Å². The number of hydrogen-bond acceptors (Lipinski definition) is 3. The van der Waals surface area contributed by atoms with E-state index in [1.807, 2.05) is 0 Å². The molecule has 1 rings (SSSR count). The van der Waals surface area contributed by atoms with Crippen LogP contribution in [0.2, 0.25) is 0 Å². The van der Waals surface area contributed by atoms with Gasteiger partial charge in [0.25, 0.3) is 0 Å². The van der Waals surface area contributed by atoms with Gasteiger partial charge in [0.15, 0.2) is 0 Å². The molecule has 2 unspecified atom stereocenters. The Kier molecular flexibility index (Phi) is 6.98. The molecule has 1 heterocycles. The summed E-state index contributed by atoms with van der Waals surface area (Å²) in [5, 5.41) is 3.58. The summed E-state index contributed by atoms with van der Waals surface area (Å²) in [7, 11) is 1.77. The van der Waals surface area contributed by atoms with E-state index in [0.717, 1.165) is 32.8 Å². The molecule has 0 aromatic rings. The number of nitrogens with one attached hydrogen (secondary N) is 1. The van der Waals surface area contributed by atoms with E-state index in [1.54, 1.807) is 7.11 Å². The summed E-state index contributed by atoms with van der Waals surface area (Å²) in [5.41, 5.74) is 0. The van der Waals surface area contributed by atoms with Crippen LogP contribution in [0.5, 0.6) is 0 Å². The van der Waals surface area contributed by atoms with E-state index >= 15 is 0 Å². The third kappa shape index (κ3) is 4.96. The van der Waals surface area contributed by atoms with Gasteiger partial charge in [-0.15, -0.1) is 0 Å². The zero-order valence-corrected chi connectivity index (χ0v) is 10.1. The molecule has 0 spiro atoms. The molecule has 1 aliphatic rings. The van der Waals surface area contributed by atoms with E-state index in [2.05, 4.69) is 12.2 Å². The molecule has 0 radical (unpaired) electrons. The molecule has 0 aromatic heterocycles. The van der Waals surface area contributed by atoms with Gasteiger partial charge in [0.2, 0.25) is 0 Å². The standard InChI is InChI=1S/C12H25NO2/c1-3-13-12(7-5-8-14-2)11-6-4-9-15-10-11/h11-13H,3-10H2,1-2H3. The Labute approximate surface area is 93.5 Å². The van der Waals surface area contributed by atoms with Crippen molar-refractivity contribution in [2.24, 2.45) is 5.92 Å². The molecular formula is C12H25NO2. The van der Waals surface area contributed by atoms with Crippen LogP contribution in [-0.4, -0.2) is 39.5 Å². The highest BCUT2D eigenvalue weighted by Gasteiger charge is 2.22. The molecule has 0 aromatic carbocycles. The second-order valence-electron chi connectivity index (χ2n) is 4.28. The van der Waals surface area contributed by atoms with Crippen molar-refractivity contribution in [2.75, 3.05) is 33.5 Å². The third-order valence-corrected chi connectivity index (χ3v) is 3.09. The smallest absolute Gasteiger partial charge is 0.0509 e. The minimum atomic E-state index is 0.616. The summed E-state index contributed by atoms with van der Waals surface area (Å²) in [5.74, 6) is 0.704. The highest BCUT2D eigenvalue weighted by Crippen LogP contribution is 2.20. The van der Waals surface area contributed by atoms with Crippen molar-refractivity contribution in [3.05, 3.63) is 0 Å². The van der Waals surface area contributed by atoms with Gasteiger partial charge in [-0.25, -0.2) is 0 Å². The zero-order chi connectivity index (χ0) is 10.9. The summed E-state index contributed by atoms with van der Waals surface area (Å²) in [6, 6.07) is 0.616. The van der Waals surface area contributed by atoms with Crippen LogP contribution in [0.25, 0.3) is 0 Å². The third-order valence-electron chi connectivity index (χ3n) is 3.09. The molecule has 90 valence electrons. The minimum absolute atomic E-state index is 0.616. The topological polar surface area (TPSA) is 30.5 Å². The molecular weight excluding hydrogens is 190 g/mol. The first kappa shape index (κ1) is 12.9. The van der Waals surface area contributed by atoms with Gasteiger partial charge in [-0.3, -0.25) is 0 Å². The monoisotopic (exact) mass is 215 g/mol. The van der Waals surface area contributed by atoms with Crippen molar-refractivity contribution in [3.8, 4) is 0 Å². The Morgan fingerprint density at radius 1 is 1.53 bits per heavy atom. The van der Waals surface area contributed by atoms with E-state index in [9.17, 15) is 0 Å². The van der Waals surface area contributed by atoms with Gasteiger partial charge < -0.3 is 14.8 Å². The van der Waals surface area contributed by atoms with Crippen molar-refractivity contribution in [1.29, 1.82) is 0 Å². The molecule has 1 N–H and O–H groups in total. The van der Waals surface area contributed by atoms with Crippen LogP contribution in [0.3, 0.4) is 0 Å². The number of ether oxygens (including phenoxy) is 2. The molecule has 0 amide bonds. The highest BCUT2D eigenvalue weighted by atomic mass is 16.5. The Morgan fingerprint density at radius 2 is 2.40 bits per heavy atom. The first-order chi connectivity index (χ1) is 7.38. The van der Waals surface area contributed by atoms with Crippen LogP contribution < -0.4 is 5.32 Å². The van der Waals surface area contributed by atoms with Gasteiger partial charge in [-0.2, -0.15) is 0 Å². The molecule has 2 atom stereocenters. The van der Waals surface area contributed by atoms with Crippen LogP contribution in [0.4, 0.5) is 0 Å². The summed E-state index contributed by atoms with van der Waals surface area (Å²) in [6.07, 6.45) is 4.88. The van der Waals surface area contributed by atoms with Crippen LogP contribution in [0.15, 0.2) is 0 Å². The lowest BCUT2D eigenvalue weighted by atomic mass is 9.90. The maximum atomic E-state index is 5.54. The summed E-state index contributed by atoms with van der Waals surface area (Å²) >= 11 is 0. The molecule has 1 fully saturated rings. The maximum Gasteiger partial charge on any atom is 0.0509 e. The van der Waals surface area contributed by atoms with Crippen molar-refractivity contribution >= 4 is 0 Å². The Hall–Kier alpha value is -0.120. The lowest BCUT2D eigenvalue weighted by molar-refractivity contribution is 0.0366. The SMILES string of the molecule is CCNC(CCCOC)C1CCCOC1. The van der Waals surface area contributed by atoms with Gasteiger partial charge in [0.05, 0.1) is 6.61 Å². The second kappa shape index (κ2) is 8.08. The summed E-state index contributed by atoms with van der Waals surface area (Å²) < 4.78 is 10.6. The fourth-order valence-electron chi connectivity index (χ4n) is 2.30. The largest absolute Gasteiger partial charge is 0.385 e. The van der Waals surface area contributed by atoms with E-state index in [4.69, 9.17) is 9.47 Å². The predicted octanol–water partition coefficient (Wildman–Crippen LogP) is 1.82. The summed E-state index contributed by atoms with van der Waals surface area (Å²) in [6.45, 7) is 5.98. The molecule has 0 bridgehead atoms. The molecule has 0 aliphatic carbocycles. The average molecular weight is 215 g/mol. The molecule has 1 aliphatic heterocycles. The quantitative estimate of drug-likeness (QED) is 0.657. The van der Waals surface area contributed by atoms with Crippen LogP contribution in [0.1, 0.15) is 32.6 Å². The van der Waals surface area contributed by atoms with Crippen LogP contribution in [-0.2, 0) is 9.47 Å². The lowest BCUT2D eigenvalue weighted by Crippen LogP contribution is -2.40.